The molecule has 26 heavy (non-hydrogen) atoms. The lowest BCUT2D eigenvalue weighted by Crippen LogP contribution is -2.24. The van der Waals surface area contributed by atoms with Gasteiger partial charge in [-0.05, 0) is 62.8 Å². The molecule has 1 fully saturated rings. The minimum absolute atomic E-state index is 0.306. The normalized spacial score (nSPS) is 26.1. The zero-order valence-corrected chi connectivity index (χ0v) is 16.5. The van der Waals surface area contributed by atoms with Crippen molar-refractivity contribution in [3.8, 4) is 0 Å². The van der Waals surface area contributed by atoms with Crippen LogP contribution in [0.5, 0.6) is 0 Å². The summed E-state index contributed by atoms with van der Waals surface area (Å²) in [5.41, 5.74) is 8.02. The summed E-state index contributed by atoms with van der Waals surface area (Å²) in [5.74, 6) is -1.65. The lowest BCUT2D eigenvalue weighted by atomic mass is 9.91. The number of carbonyl (C=O) groups excluding carboxylic acids is 1. The third-order valence-corrected chi connectivity index (χ3v) is 6.26. The Balaban J connectivity index is 2.07. The molecule has 3 rings (SSSR count). The standard InChI is InChI=1S/C21H30N2O3/c1-7-13-9(3)17(22-11(13)5)15-19(24)16(21(26)20(15)25)18-10(4)14(8-2)12(6)23-18/h15-16,19-20,22-25H,7-8H2,1-6H3. The largest absolute Gasteiger partial charge is 0.391 e. The van der Waals surface area contributed by atoms with Gasteiger partial charge in [-0.15, -0.1) is 0 Å². The van der Waals surface area contributed by atoms with Crippen molar-refractivity contribution in [2.45, 2.75) is 78.4 Å². The van der Waals surface area contributed by atoms with Crippen molar-refractivity contribution in [1.29, 1.82) is 0 Å². The molecule has 5 nitrogen and oxygen atoms in total. The summed E-state index contributed by atoms with van der Waals surface area (Å²) in [6.07, 6.45) is -0.421. The first-order valence-corrected chi connectivity index (χ1v) is 9.50. The van der Waals surface area contributed by atoms with E-state index in [4.69, 9.17) is 0 Å². The molecule has 0 saturated heterocycles. The number of Topliss-reactive ketones (excluding diaryl/α,β-unsaturated/α-hetero) is 1. The SMILES string of the molecule is CCc1c(C)[nH]c(C2C(=O)C(O)C(c3[nH]c(C)c(CC)c3C)C2O)c1C. The van der Waals surface area contributed by atoms with Gasteiger partial charge in [0.1, 0.15) is 6.10 Å². The number of hydrogen-bond donors (Lipinski definition) is 4. The van der Waals surface area contributed by atoms with Crippen molar-refractivity contribution in [1.82, 2.24) is 9.97 Å². The molecule has 0 spiro atoms. The maximum Gasteiger partial charge on any atom is 0.173 e. The average Bonchev–Trinajstić information content (AvgIpc) is 3.11. The number of aromatic nitrogens is 2. The van der Waals surface area contributed by atoms with E-state index in [-0.39, 0.29) is 5.78 Å². The van der Waals surface area contributed by atoms with Gasteiger partial charge in [-0.2, -0.15) is 0 Å². The van der Waals surface area contributed by atoms with Crippen molar-refractivity contribution >= 4 is 5.78 Å². The molecule has 142 valence electrons. The zero-order chi connectivity index (χ0) is 19.3. The summed E-state index contributed by atoms with van der Waals surface area (Å²) in [5, 5.41) is 21.8. The molecular formula is C21H30N2O3. The second-order valence-electron chi connectivity index (χ2n) is 7.58. The summed E-state index contributed by atoms with van der Waals surface area (Å²) in [6, 6.07) is 0. The van der Waals surface area contributed by atoms with Crippen LogP contribution in [0.4, 0.5) is 0 Å². The molecule has 2 heterocycles. The van der Waals surface area contributed by atoms with Crippen molar-refractivity contribution in [2.24, 2.45) is 0 Å². The van der Waals surface area contributed by atoms with E-state index in [2.05, 4.69) is 23.8 Å². The Hall–Kier alpha value is -1.85. The number of aryl methyl sites for hydroxylation is 2. The first kappa shape index (κ1) is 18.9. The van der Waals surface area contributed by atoms with Gasteiger partial charge in [-0.1, -0.05) is 13.8 Å². The van der Waals surface area contributed by atoms with E-state index < -0.39 is 24.0 Å². The summed E-state index contributed by atoms with van der Waals surface area (Å²) < 4.78 is 0. The van der Waals surface area contributed by atoms with Gasteiger partial charge >= 0.3 is 0 Å². The number of hydrogen-bond acceptors (Lipinski definition) is 3. The first-order valence-electron chi connectivity index (χ1n) is 9.50. The molecule has 0 bridgehead atoms. The van der Waals surface area contributed by atoms with Gasteiger partial charge < -0.3 is 20.2 Å². The van der Waals surface area contributed by atoms with E-state index >= 15 is 0 Å². The van der Waals surface area contributed by atoms with Crippen LogP contribution >= 0.6 is 0 Å². The molecule has 4 unspecified atom stereocenters. The summed E-state index contributed by atoms with van der Waals surface area (Å²) in [4.78, 5) is 19.5. The predicted molar refractivity (Wildman–Crippen MR) is 102 cm³/mol. The van der Waals surface area contributed by atoms with E-state index in [0.717, 1.165) is 46.7 Å². The molecule has 4 N–H and O–H groups in total. The van der Waals surface area contributed by atoms with E-state index in [9.17, 15) is 15.0 Å². The van der Waals surface area contributed by atoms with E-state index in [1.807, 2.05) is 27.7 Å². The molecule has 1 saturated carbocycles. The number of rotatable bonds is 4. The molecule has 0 radical (unpaired) electrons. The minimum atomic E-state index is -1.20. The van der Waals surface area contributed by atoms with Crippen LogP contribution in [0.15, 0.2) is 0 Å². The van der Waals surface area contributed by atoms with Gasteiger partial charge in [-0.3, -0.25) is 4.79 Å². The molecule has 1 aliphatic carbocycles. The fraction of sp³-hybridized carbons (Fsp3) is 0.571. The van der Waals surface area contributed by atoms with Gasteiger partial charge in [-0.25, -0.2) is 0 Å². The molecule has 0 aliphatic heterocycles. The lowest BCUT2D eigenvalue weighted by molar-refractivity contribution is -0.126. The maximum absolute atomic E-state index is 12.9. The van der Waals surface area contributed by atoms with Crippen LogP contribution < -0.4 is 0 Å². The van der Waals surface area contributed by atoms with E-state index in [0.29, 0.717) is 0 Å². The lowest BCUT2D eigenvalue weighted by Gasteiger charge is -2.19. The van der Waals surface area contributed by atoms with Crippen molar-refractivity contribution in [3.05, 3.63) is 45.0 Å². The van der Waals surface area contributed by atoms with Gasteiger partial charge in [0.05, 0.1) is 17.9 Å². The van der Waals surface area contributed by atoms with E-state index in [1.165, 1.54) is 11.1 Å². The van der Waals surface area contributed by atoms with E-state index in [1.54, 1.807) is 0 Å². The third kappa shape index (κ3) is 2.57. The monoisotopic (exact) mass is 358 g/mol. The Morgan fingerprint density at radius 3 is 1.77 bits per heavy atom. The number of aliphatic hydroxyl groups excluding tert-OH is 2. The highest BCUT2D eigenvalue weighted by Gasteiger charge is 2.52. The number of carbonyl (C=O) groups is 1. The number of nitrogens with one attached hydrogen (secondary N) is 2. The van der Waals surface area contributed by atoms with Gasteiger partial charge in [0.15, 0.2) is 5.78 Å². The van der Waals surface area contributed by atoms with Gasteiger partial charge in [0.25, 0.3) is 0 Å². The predicted octanol–water partition coefficient (Wildman–Crippen LogP) is 2.87. The Morgan fingerprint density at radius 2 is 1.31 bits per heavy atom. The smallest absolute Gasteiger partial charge is 0.173 e. The Morgan fingerprint density at radius 1 is 0.846 bits per heavy atom. The Kier molecular flexibility index (Phi) is 4.88. The molecule has 5 heteroatoms. The van der Waals surface area contributed by atoms with Crippen molar-refractivity contribution in [2.75, 3.05) is 0 Å². The van der Waals surface area contributed by atoms with Crippen molar-refractivity contribution in [3.63, 3.8) is 0 Å². The second-order valence-corrected chi connectivity index (χ2v) is 7.58. The summed E-state index contributed by atoms with van der Waals surface area (Å²) >= 11 is 0. The van der Waals surface area contributed by atoms with Crippen LogP contribution in [0.25, 0.3) is 0 Å². The molecule has 0 aromatic carbocycles. The fourth-order valence-electron chi connectivity index (χ4n) is 4.90. The van der Waals surface area contributed by atoms with Crippen LogP contribution in [0.2, 0.25) is 0 Å². The zero-order valence-electron chi connectivity index (χ0n) is 16.5. The Bertz CT molecular complexity index is 846. The van der Waals surface area contributed by atoms with Crippen LogP contribution in [0.3, 0.4) is 0 Å². The topological polar surface area (TPSA) is 89.1 Å². The van der Waals surface area contributed by atoms with Crippen molar-refractivity contribution < 1.29 is 15.0 Å². The molecule has 4 atom stereocenters. The van der Waals surface area contributed by atoms with Crippen LogP contribution in [-0.4, -0.2) is 38.2 Å². The molecule has 2 aromatic rings. The number of aliphatic hydroxyl groups is 2. The molecule has 2 aromatic heterocycles. The third-order valence-electron chi connectivity index (χ3n) is 6.26. The summed E-state index contributed by atoms with van der Waals surface area (Å²) in [7, 11) is 0. The van der Waals surface area contributed by atoms with Crippen LogP contribution in [-0.2, 0) is 17.6 Å². The van der Waals surface area contributed by atoms with Gasteiger partial charge in [0.2, 0.25) is 0 Å². The first-order chi connectivity index (χ1) is 12.2. The molecular weight excluding hydrogens is 328 g/mol. The van der Waals surface area contributed by atoms with Crippen LogP contribution in [0, 0.1) is 27.7 Å². The number of ketones is 1. The average molecular weight is 358 g/mol. The quantitative estimate of drug-likeness (QED) is 0.677. The molecule has 1 aliphatic rings. The number of aromatic amines is 2. The highest BCUT2D eigenvalue weighted by atomic mass is 16.3. The highest BCUT2D eigenvalue weighted by molar-refractivity contribution is 5.94. The Labute approximate surface area is 154 Å². The number of H-pyrrole nitrogens is 2. The second kappa shape index (κ2) is 6.71. The van der Waals surface area contributed by atoms with Gasteiger partial charge in [0, 0.05) is 22.8 Å². The minimum Gasteiger partial charge on any atom is -0.391 e. The molecule has 0 amide bonds. The highest BCUT2D eigenvalue weighted by Crippen LogP contribution is 2.44. The fourth-order valence-corrected chi connectivity index (χ4v) is 4.90. The maximum atomic E-state index is 12.9. The summed E-state index contributed by atoms with van der Waals surface area (Å²) in [6.45, 7) is 12.1. The van der Waals surface area contributed by atoms with Crippen LogP contribution in [0.1, 0.15) is 70.7 Å².